The van der Waals surface area contributed by atoms with E-state index in [1.54, 1.807) is 6.20 Å². The Kier molecular flexibility index (Phi) is 6.20. The summed E-state index contributed by atoms with van der Waals surface area (Å²) in [4.78, 5) is 6.77. The largest absolute Gasteiger partial charge is 0.378 e. The molecular formula is C23H24N6O3S. The fourth-order valence-electron chi connectivity index (χ4n) is 3.86. The maximum Gasteiger partial charge on any atom is 0.245 e. The summed E-state index contributed by atoms with van der Waals surface area (Å²) in [5, 5.41) is 8.01. The van der Waals surface area contributed by atoms with Gasteiger partial charge in [-0.1, -0.05) is 30.3 Å². The van der Waals surface area contributed by atoms with Crippen molar-refractivity contribution in [1.29, 1.82) is 0 Å². The molecule has 0 unspecified atom stereocenters. The summed E-state index contributed by atoms with van der Waals surface area (Å²) in [5.41, 5.74) is 5.72. The number of benzene rings is 2. The van der Waals surface area contributed by atoms with E-state index in [0.717, 1.165) is 60.0 Å². The van der Waals surface area contributed by atoms with Gasteiger partial charge in [0.2, 0.25) is 16.8 Å². The van der Waals surface area contributed by atoms with Crippen LogP contribution >= 0.6 is 0 Å². The summed E-state index contributed by atoms with van der Waals surface area (Å²) in [7, 11) is -2.61. The smallest absolute Gasteiger partial charge is 0.245 e. The van der Waals surface area contributed by atoms with Crippen LogP contribution in [0.4, 0.5) is 17.3 Å². The second-order valence-electron chi connectivity index (χ2n) is 7.70. The molecule has 3 heterocycles. The molecule has 10 heteroatoms. The van der Waals surface area contributed by atoms with Crippen LogP contribution in [0.1, 0.15) is 5.56 Å². The van der Waals surface area contributed by atoms with Crippen molar-refractivity contribution in [3.05, 3.63) is 72.4 Å². The molecule has 170 valence electrons. The summed E-state index contributed by atoms with van der Waals surface area (Å²) < 4.78 is 31.2. The number of ether oxygens (including phenoxy) is 1. The van der Waals surface area contributed by atoms with Crippen molar-refractivity contribution >= 4 is 33.7 Å². The molecule has 1 saturated heterocycles. The van der Waals surface area contributed by atoms with Gasteiger partial charge in [-0.05, 0) is 35.9 Å². The standard InChI is InChI=1S/C23H24N6O3S/c30-33(31)25-15-17-4-6-18(7-5-17)22-9-8-21-16-24-23(27-29(21)22)26-19-2-1-3-20(14-19)28-10-12-32-13-11-28/h1-9,14,16,33H,10-13,15H2,(H,26,27)(H,25,30,31). The number of morpholine rings is 1. The highest BCUT2D eigenvalue weighted by atomic mass is 32.2. The Hall–Kier alpha value is -3.47. The van der Waals surface area contributed by atoms with Crippen molar-refractivity contribution in [2.75, 3.05) is 36.5 Å². The Morgan fingerprint density at radius 2 is 1.82 bits per heavy atom. The number of nitrogens with one attached hydrogen (secondary N) is 2. The molecule has 0 spiro atoms. The summed E-state index contributed by atoms with van der Waals surface area (Å²) in [5.74, 6) is 0.499. The first-order valence-corrected chi connectivity index (χ1v) is 11.9. The van der Waals surface area contributed by atoms with Crippen molar-refractivity contribution in [3.63, 3.8) is 0 Å². The van der Waals surface area contributed by atoms with Gasteiger partial charge in [0.05, 0.1) is 30.6 Å². The van der Waals surface area contributed by atoms with E-state index in [-0.39, 0.29) is 6.54 Å². The Morgan fingerprint density at radius 3 is 2.61 bits per heavy atom. The van der Waals surface area contributed by atoms with Gasteiger partial charge in [-0.2, -0.15) is 0 Å². The summed E-state index contributed by atoms with van der Waals surface area (Å²) >= 11 is 0. The summed E-state index contributed by atoms with van der Waals surface area (Å²) in [6.07, 6.45) is 1.79. The number of nitrogens with zero attached hydrogens (tertiary/aromatic N) is 4. The van der Waals surface area contributed by atoms with Crippen molar-refractivity contribution in [2.24, 2.45) is 0 Å². The highest BCUT2D eigenvalue weighted by molar-refractivity contribution is 7.70. The van der Waals surface area contributed by atoms with E-state index >= 15 is 0 Å². The molecule has 0 radical (unpaired) electrons. The van der Waals surface area contributed by atoms with Gasteiger partial charge in [-0.15, -0.1) is 5.10 Å². The lowest BCUT2D eigenvalue weighted by molar-refractivity contribution is 0.122. The number of anilines is 3. The van der Waals surface area contributed by atoms with E-state index in [0.29, 0.717) is 5.95 Å². The third kappa shape index (κ3) is 4.98. The average Bonchev–Trinajstić information content (AvgIpc) is 3.27. The number of thiol groups is 1. The number of hydrogen-bond donors (Lipinski definition) is 3. The SMILES string of the molecule is O=[SH](=O)NCc1ccc(-c2ccc3cnc(Nc4cccc(N5CCOCC5)c4)nn23)cc1. The molecule has 2 aromatic carbocycles. The van der Waals surface area contributed by atoms with Crippen LogP contribution in [-0.4, -0.2) is 49.3 Å². The Bertz CT molecular complexity index is 1320. The first kappa shape index (κ1) is 21.4. The zero-order valence-corrected chi connectivity index (χ0v) is 18.7. The van der Waals surface area contributed by atoms with Crippen molar-refractivity contribution < 1.29 is 13.2 Å². The van der Waals surface area contributed by atoms with Crippen LogP contribution in [0, 0.1) is 0 Å². The highest BCUT2D eigenvalue weighted by Gasteiger charge is 2.12. The molecule has 2 N–H and O–H groups in total. The summed E-state index contributed by atoms with van der Waals surface area (Å²) in [6.45, 7) is 3.51. The van der Waals surface area contributed by atoms with Gasteiger partial charge in [-0.25, -0.2) is 22.6 Å². The van der Waals surface area contributed by atoms with Gasteiger partial charge in [0.1, 0.15) is 0 Å². The molecule has 0 bridgehead atoms. The minimum Gasteiger partial charge on any atom is -0.378 e. The Balaban J connectivity index is 1.37. The fraction of sp³-hybridized carbons (Fsp3) is 0.217. The van der Waals surface area contributed by atoms with Crippen molar-refractivity contribution in [1.82, 2.24) is 19.3 Å². The number of rotatable bonds is 7. The minimum atomic E-state index is -2.61. The molecule has 9 nitrogen and oxygen atoms in total. The summed E-state index contributed by atoms with van der Waals surface area (Å²) in [6, 6.07) is 19.9. The molecule has 2 aromatic heterocycles. The second kappa shape index (κ2) is 9.57. The first-order chi connectivity index (χ1) is 16.2. The molecule has 0 atom stereocenters. The van der Waals surface area contributed by atoms with Gasteiger partial charge < -0.3 is 15.0 Å². The van der Waals surface area contributed by atoms with Crippen LogP contribution in [0.25, 0.3) is 16.8 Å². The van der Waals surface area contributed by atoms with Crippen LogP contribution in [0.2, 0.25) is 0 Å². The zero-order valence-electron chi connectivity index (χ0n) is 17.8. The third-order valence-corrected chi connectivity index (χ3v) is 5.96. The number of aromatic nitrogens is 3. The van der Waals surface area contributed by atoms with Crippen molar-refractivity contribution in [2.45, 2.75) is 6.54 Å². The molecule has 4 aromatic rings. The third-order valence-electron chi connectivity index (χ3n) is 5.54. The molecular weight excluding hydrogens is 440 g/mol. The normalized spacial score (nSPS) is 14.2. The van der Waals surface area contributed by atoms with E-state index in [4.69, 9.17) is 9.84 Å². The maximum atomic E-state index is 10.7. The topological polar surface area (TPSA) is 101 Å². The molecule has 1 aliphatic rings. The lowest BCUT2D eigenvalue weighted by atomic mass is 10.1. The van der Waals surface area contributed by atoms with E-state index in [1.807, 2.05) is 53.0 Å². The van der Waals surface area contributed by atoms with E-state index in [9.17, 15) is 8.42 Å². The van der Waals surface area contributed by atoms with Crippen LogP contribution in [0.5, 0.6) is 0 Å². The molecule has 5 rings (SSSR count). The van der Waals surface area contributed by atoms with Gasteiger partial charge in [-0.3, -0.25) is 0 Å². The molecule has 1 fully saturated rings. The second-order valence-corrected chi connectivity index (χ2v) is 8.53. The number of fused-ring (bicyclic) bond motifs is 1. The van der Waals surface area contributed by atoms with Crippen molar-refractivity contribution in [3.8, 4) is 11.3 Å². The quantitative estimate of drug-likeness (QED) is 0.362. The lowest BCUT2D eigenvalue weighted by Crippen LogP contribution is -2.36. The zero-order chi connectivity index (χ0) is 22.6. The van der Waals surface area contributed by atoms with Crippen LogP contribution in [-0.2, 0) is 22.2 Å². The Labute approximate surface area is 193 Å². The molecule has 0 amide bonds. The van der Waals surface area contributed by atoms with E-state index in [1.165, 1.54) is 0 Å². The molecule has 0 aliphatic carbocycles. The van der Waals surface area contributed by atoms with E-state index in [2.05, 4.69) is 32.1 Å². The maximum absolute atomic E-state index is 10.7. The fourth-order valence-corrected chi connectivity index (χ4v) is 4.17. The lowest BCUT2D eigenvalue weighted by Gasteiger charge is -2.29. The molecule has 1 aliphatic heterocycles. The van der Waals surface area contributed by atoms with Crippen LogP contribution in [0.15, 0.2) is 66.9 Å². The predicted molar refractivity (Wildman–Crippen MR) is 128 cm³/mol. The Morgan fingerprint density at radius 1 is 1.00 bits per heavy atom. The van der Waals surface area contributed by atoms with Gasteiger partial charge in [0.15, 0.2) is 0 Å². The molecule has 33 heavy (non-hydrogen) atoms. The van der Waals surface area contributed by atoms with Crippen LogP contribution < -0.4 is 14.9 Å². The minimum absolute atomic E-state index is 0.271. The molecule has 0 saturated carbocycles. The highest BCUT2D eigenvalue weighted by Crippen LogP contribution is 2.25. The predicted octanol–water partition coefficient (Wildman–Crippen LogP) is 2.59. The average molecular weight is 465 g/mol. The van der Waals surface area contributed by atoms with Gasteiger partial charge >= 0.3 is 0 Å². The monoisotopic (exact) mass is 464 g/mol. The first-order valence-electron chi connectivity index (χ1n) is 10.7. The number of hydrogen-bond acceptors (Lipinski definition) is 7. The van der Waals surface area contributed by atoms with Gasteiger partial charge in [0, 0.05) is 36.6 Å². The van der Waals surface area contributed by atoms with Crippen LogP contribution in [0.3, 0.4) is 0 Å². The van der Waals surface area contributed by atoms with Gasteiger partial charge in [0.25, 0.3) is 0 Å². The van der Waals surface area contributed by atoms with E-state index < -0.39 is 10.9 Å².